The number of nitrogens with zero attached hydrogens (tertiary/aromatic N) is 2. The molecule has 0 heterocycles. The first-order chi connectivity index (χ1) is 7.00. The van der Waals surface area contributed by atoms with Crippen molar-refractivity contribution in [2.45, 2.75) is 10.3 Å². The molecule has 1 rings (SSSR count). The van der Waals surface area contributed by atoms with Crippen LogP contribution in [0.25, 0.3) is 0 Å². The number of sulfone groups is 1. The molecule has 0 aliphatic rings. The first-order valence-corrected chi connectivity index (χ1v) is 5.37. The first-order valence-electron chi connectivity index (χ1n) is 3.82. The summed E-state index contributed by atoms with van der Waals surface area (Å²) in [6.07, 6.45) is 0. The molecule has 0 bridgehead atoms. The second-order valence-corrected chi connectivity index (χ2v) is 4.63. The Morgan fingerprint density at radius 3 is 2.27 bits per heavy atom. The van der Waals surface area contributed by atoms with Crippen LogP contribution in [-0.2, 0) is 9.84 Å². The van der Waals surface area contributed by atoms with Crippen LogP contribution >= 0.6 is 0 Å². The summed E-state index contributed by atoms with van der Waals surface area (Å²) < 4.78 is 23.1. The Morgan fingerprint density at radius 1 is 1.33 bits per heavy atom. The molecular formula is C8H6N2O4S. The van der Waals surface area contributed by atoms with Gasteiger partial charge in [-0.25, -0.2) is 8.42 Å². The van der Waals surface area contributed by atoms with Crippen molar-refractivity contribution < 1.29 is 13.3 Å². The molecule has 15 heavy (non-hydrogen) atoms. The lowest BCUT2D eigenvalue weighted by Crippen LogP contribution is -2.28. The molecular weight excluding hydrogens is 220 g/mol. The average molecular weight is 226 g/mol. The van der Waals surface area contributed by atoms with Crippen molar-refractivity contribution in [1.29, 1.82) is 5.26 Å². The van der Waals surface area contributed by atoms with E-state index in [4.69, 9.17) is 5.26 Å². The summed E-state index contributed by atoms with van der Waals surface area (Å²) in [5.74, 6) is 0. The molecule has 0 radical (unpaired) electrons. The summed E-state index contributed by atoms with van der Waals surface area (Å²) in [6.45, 7) is 0. The van der Waals surface area contributed by atoms with Crippen molar-refractivity contribution >= 4 is 9.84 Å². The van der Waals surface area contributed by atoms with Crippen molar-refractivity contribution in [3.8, 4) is 6.07 Å². The largest absolute Gasteiger partial charge is 0.397 e. The molecule has 1 atom stereocenters. The van der Waals surface area contributed by atoms with Gasteiger partial charge in [0.15, 0.2) is 6.07 Å². The van der Waals surface area contributed by atoms with E-state index in [0.29, 0.717) is 0 Å². The maximum Gasteiger partial charge on any atom is 0.397 e. The van der Waals surface area contributed by atoms with Gasteiger partial charge in [-0.15, -0.1) is 0 Å². The van der Waals surface area contributed by atoms with Gasteiger partial charge in [0.1, 0.15) is 0 Å². The maximum atomic E-state index is 11.5. The third-order valence-corrected chi connectivity index (χ3v) is 3.46. The molecule has 7 heteroatoms. The topological polar surface area (TPSA) is 101 Å². The van der Waals surface area contributed by atoms with E-state index in [9.17, 15) is 18.5 Å². The van der Waals surface area contributed by atoms with Crippen molar-refractivity contribution in [3.05, 3.63) is 40.4 Å². The summed E-state index contributed by atoms with van der Waals surface area (Å²) in [7, 11) is -4.21. The molecule has 0 saturated heterocycles. The Kier molecular flexibility index (Phi) is 3.01. The Hall–Kier alpha value is -1.94. The smallest absolute Gasteiger partial charge is 0.262 e. The van der Waals surface area contributed by atoms with Gasteiger partial charge in [0, 0.05) is 0 Å². The number of hydrogen-bond donors (Lipinski definition) is 0. The van der Waals surface area contributed by atoms with E-state index >= 15 is 0 Å². The molecule has 78 valence electrons. The fourth-order valence-electron chi connectivity index (χ4n) is 0.969. The molecule has 0 spiro atoms. The Morgan fingerprint density at radius 2 is 1.87 bits per heavy atom. The highest BCUT2D eigenvalue weighted by atomic mass is 32.2. The van der Waals surface area contributed by atoms with E-state index in [2.05, 4.69) is 0 Å². The molecule has 0 aliphatic carbocycles. The SMILES string of the molecule is N#CC([N+](=O)[O-])S(=O)(=O)c1ccccc1. The van der Waals surface area contributed by atoms with Gasteiger partial charge in [-0.3, -0.25) is 10.1 Å². The fraction of sp³-hybridized carbons (Fsp3) is 0.125. The van der Waals surface area contributed by atoms with Crippen LogP contribution in [0.3, 0.4) is 0 Å². The van der Waals surface area contributed by atoms with Crippen molar-refractivity contribution in [2.75, 3.05) is 0 Å². The lowest BCUT2D eigenvalue weighted by Gasteiger charge is -2.03. The highest BCUT2D eigenvalue weighted by Crippen LogP contribution is 2.15. The van der Waals surface area contributed by atoms with E-state index in [-0.39, 0.29) is 4.90 Å². The molecule has 6 nitrogen and oxygen atoms in total. The molecule has 1 unspecified atom stereocenters. The van der Waals surface area contributed by atoms with Crippen LogP contribution in [0.1, 0.15) is 0 Å². The molecule has 0 N–H and O–H groups in total. The molecule has 1 aromatic rings. The van der Waals surface area contributed by atoms with Crippen LogP contribution in [0, 0.1) is 21.4 Å². The summed E-state index contributed by atoms with van der Waals surface area (Å²) in [5, 5.41) is 16.5. The molecule has 0 aromatic heterocycles. The Balaban J connectivity index is 3.26. The third kappa shape index (κ3) is 2.11. The van der Waals surface area contributed by atoms with E-state index in [1.54, 1.807) is 6.07 Å². The Labute approximate surface area is 85.8 Å². The maximum absolute atomic E-state index is 11.5. The van der Waals surface area contributed by atoms with Crippen LogP contribution in [0.4, 0.5) is 0 Å². The van der Waals surface area contributed by atoms with E-state index in [1.807, 2.05) is 0 Å². The monoisotopic (exact) mass is 226 g/mol. The molecule has 0 saturated carbocycles. The van der Waals surface area contributed by atoms with Gasteiger partial charge in [-0.05, 0) is 12.1 Å². The van der Waals surface area contributed by atoms with Gasteiger partial charge < -0.3 is 0 Å². The number of benzene rings is 1. The van der Waals surface area contributed by atoms with E-state index < -0.39 is 20.1 Å². The highest BCUT2D eigenvalue weighted by Gasteiger charge is 2.37. The molecule has 0 amide bonds. The van der Waals surface area contributed by atoms with Crippen LogP contribution in [-0.4, -0.2) is 18.7 Å². The zero-order chi connectivity index (χ0) is 11.5. The summed E-state index contributed by atoms with van der Waals surface area (Å²) in [6, 6.07) is 8.02. The predicted molar refractivity (Wildman–Crippen MR) is 50.0 cm³/mol. The number of rotatable bonds is 3. The number of hydrogen-bond acceptors (Lipinski definition) is 5. The molecule has 1 aromatic carbocycles. The van der Waals surface area contributed by atoms with Gasteiger partial charge in [-0.1, -0.05) is 18.2 Å². The summed E-state index contributed by atoms with van der Waals surface area (Å²) >= 11 is 0. The van der Waals surface area contributed by atoms with Gasteiger partial charge in [0.05, 0.1) is 9.82 Å². The van der Waals surface area contributed by atoms with E-state index in [1.165, 1.54) is 24.3 Å². The minimum absolute atomic E-state index is 0.228. The standard InChI is InChI=1S/C8H6N2O4S/c9-6-8(10(11)12)15(13,14)7-4-2-1-3-5-7/h1-5,8H. The highest BCUT2D eigenvalue weighted by molar-refractivity contribution is 7.92. The van der Waals surface area contributed by atoms with Crippen LogP contribution in [0.2, 0.25) is 0 Å². The zero-order valence-corrected chi connectivity index (χ0v) is 8.22. The van der Waals surface area contributed by atoms with Crippen LogP contribution < -0.4 is 0 Å². The lowest BCUT2D eigenvalue weighted by molar-refractivity contribution is -0.482. The summed E-state index contributed by atoms with van der Waals surface area (Å²) in [4.78, 5) is 9.00. The Bertz CT molecular complexity index is 503. The summed E-state index contributed by atoms with van der Waals surface area (Å²) in [5.41, 5.74) is 0. The van der Waals surface area contributed by atoms with Crippen molar-refractivity contribution in [3.63, 3.8) is 0 Å². The lowest BCUT2D eigenvalue weighted by atomic mass is 10.4. The first kappa shape index (κ1) is 11.1. The quantitative estimate of drug-likeness (QED) is 0.554. The molecule has 0 fully saturated rings. The van der Waals surface area contributed by atoms with Gasteiger partial charge in [0.25, 0.3) is 9.84 Å². The van der Waals surface area contributed by atoms with Crippen LogP contribution in [0.5, 0.6) is 0 Å². The minimum Gasteiger partial charge on any atom is -0.262 e. The van der Waals surface area contributed by atoms with Gasteiger partial charge in [0.2, 0.25) is 0 Å². The van der Waals surface area contributed by atoms with E-state index in [0.717, 1.165) is 6.07 Å². The third-order valence-electron chi connectivity index (χ3n) is 1.67. The number of nitriles is 1. The molecule has 0 aliphatic heterocycles. The fourth-order valence-corrected chi connectivity index (χ4v) is 2.13. The second kappa shape index (κ2) is 4.06. The van der Waals surface area contributed by atoms with Crippen molar-refractivity contribution in [1.82, 2.24) is 0 Å². The average Bonchev–Trinajstić information content (AvgIpc) is 2.19. The minimum atomic E-state index is -4.21. The second-order valence-electron chi connectivity index (χ2n) is 2.62. The zero-order valence-electron chi connectivity index (χ0n) is 7.40. The predicted octanol–water partition coefficient (Wildman–Crippen LogP) is 0.587. The van der Waals surface area contributed by atoms with Gasteiger partial charge >= 0.3 is 5.37 Å². The normalized spacial score (nSPS) is 12.7. The van der Waals surface area contributed by atoms with Crippen molar-refractivity contribution in [2.24, 2.45) is 0 Å². The number of nitro groups is 1. The van der Waals surface area contributed by atoms with Gasteiger partial charge in [-0.2, -0.15) is 5.26 Å². The van der Waals surface area contributed by atoms with Crippen LogP contribution in [0.15, 0.2) is 35.2 Å².